The van der Waals surface area contributed by atoms with E-state index in [0.717, 1.165) is 0 Å². The smallest absolute Gasteiger partial charge is 0.315 e. The second-order valence-electron chi connectivity index (χ2n) is 2.56. The van der Waals surface area contributed by atoms with Gasteiger partial charge >= 0.3 is 6.01 Å². The van der Waals surface area contributed by atoms with Gasteiger partial charge in [0.1, 0.15) is 0 Å². The van der Waals surface area contributed by atoms with Crippen molar-refractivity contribution in [2.45, 2.75) is 13.3 Å². The normalized spacial score (nSPS) is 10.4. The molecule has 0 atom stereocenters. The Balaban J connectivity index is 2.22. The highest BCUT2D eigenvalue weighted by atomic mass is 35.5. The highest BCUT2D eigenvalue weighted by Crippen LogP contribution is 2.05. The first-order chi connectivity index (χ1) is 6.86. The fourth-order valence-corrected chi connectivity index (χ4v) is 1.04. The van der Waals surface area contributed by atoms with Crippen LogP contribution in [0.2, 0.25) is 0 Å². The van der Waals surface area contributed by atoms with Crippen LogP contribution < -0.4 is 5.32 Å². The summed E-state index contributed by atoms with van der Waals surface area (Å²) in [6.45, 7) is 3.95. The molecule has 0 bridgehead atoms. The Morgan fingerprint density at radius 1 is 1.50 bits per heavy atom. The molecule has 1 aromatic rings. The average molecular weight is 220 g/mol. The minimum Gasteiger partial charge on any atom is -0.408 e. The number of anilines is 1. The van der Waals surface area contributed by atoms with E-state index in [2.05, 4.69) is 15.5 Å². The quantitative estimate of drug-likeness (QED) is 0.553. The molecule has 0 amide bonds. The van der Waals surface area contributed by atoms with E-state index in [9.17, 15) is 0 Å². The van der Waals surface area contributed by atoms with Crippen LogP contribution in [0.4, 0.5) is 6.01 Å². The third-order valence-electron chi connectivity index (χ3n) is 1.50. The molecule has 1 N–H and O–H groups in total. The van der Waals surface area contributed by atoms with E-state index in [1.54, 1.807) is 0 Å². The molecule has 0 saturated heterocycles. The van der Waals surface area contributed by atoms with Crippen molar-refractivity contribution in [1.29, 1.82) is 0 Å². The summed E-state index contributed by atoms with van der Waals surface area (Å²) < 4.78 is 10.4. The van der Waals surface area contributed by atoms with Gasteiger partial charge in [0.2, 0.25) is 5.89 Å². The maximum atomic E-state index is 5.52. The van der Waals surface area contributed by atoms with Crippen molar-refractivity contribution in [3.8, 4) is 0 Å². The predicted octanol–water partition coefficient (Wildman–Crippen LogP) is 1.30. The molecule has 1 aromatic heterocycles. The van der Waals surface area contributed by atoms with Crippen molar-refractivity contribution in [3.05, 3.63) is 5.89 Å². The van der Waals surface area contributed by atoms with Crippen LogP contribution in [-0.4, -0.2) is 35.8 Å². The van der Waals surface area contributed by atoms with Gasteiger partial charge in [0.25, 0.3) is 0 Å². The molecule has 0 aliphatic rings. The minimum atomic E-state index is 0.421. The summed E-state index contributed by atoms with van der Waals surface area (Å²) in [5.74, 6) is 1.04. The summed E-state index contributed by atoms with van der Waals surface area (Å²) in [5, 5.41) is 10.5. The number of halogens is 1. The maximum Gasteiger partial charge on any atom is 0.315 e. The van der Waals surface area contributed by atoms with E-state index in [0.29, 0.717) is 44.0 Å². The lowest BCUT2D eigenvalue weighted by Gasteiger charge is -2.00. The number of ether oxygens (including phenoxy) is 1. The highest BCUT2D eigenvalue weighted by molar-refractivity contribution is 6.17. The van der Waals surface area contributed by atoms with Crippen LogP contribution in [0.3, 0.4) is 0 Å². The van der Waals surface area contributed by atoms with Gasteiger partial charge in [0.15, 0.2) is 0 Å². The summed E-state index contributed by atoms with van der Waals surface area (Å²) in [7, 11) is 0. The molecule has 5 nitrogen and oxygen atoms in total. The molecule has 0 aliphatic heterocycles. The second-order valence-corrected chi connectivity index (χ2v) is 2.94. The summed E-state index contributed by atoms with van der Waals surface area (Å²) in [5.41, 5.74) is 0. The number of hydrogen-bond donors (Lipinski definition) is 1. The standard InChI is InChI=1S/C8H14ClN3O2/c1-2-13-6-5-10-8-12-11-7(14-8)3-4-9/h2-6H2,1H3,(H,10,12). The van der Waals surface area contributed by atoms with Gasteiger partial charge in [-0.15, -0.1) is 16.7 Å². The van der Waals surface area contributed by atoms with Crippen molar-refractivity contribution in [1.82, 2.24) is 10.2 Å². The monoisotopic (exact) mass is 219 g/mol. The van der Waals surface area contributed by atoms with E-state index in [1.807, 2.05) is 6.92 Å². The first-order valence-electron chi connectivity index (χ1n) is 4.56. The first-order valence-corrected chi connectivity index (χ1v) is 5.10. The summed E-state index contributed by atoms with van der Waals surface area (Å²) in [6, 6.07) is 0.421. The summed E-state index contributed by atoms with van der Waals surface area (Å²) in [6.07, 6.45) is 0.599. The maximum absolute atomic E-state index is 5.52. The number of aryl methyl sites for hydroxylation is 1. The number of nitrogens with zero attached hydrogens (tertiary/aromatic N) is 2. The molecule has 6 heteroatoms. The van der Waals surface area contributed by atoms with Crippen LogP contribution in [0.25, 0.3) is 0 Å². The lowest BCUT2D eigenvalue weighted by Crippen LogP contribution is -2.09. The number of aromatic nitrogens is 2. The molecule has 14 heavy (non-hydrogen) atoms. The molecular formula is C8H14ClN3O2. The molecule has 0 aromatic carbocycles. The van der Waals surface area contributed by atoms with Crippen LogP contribution in [0.5, 0.6) is 0 Å². The fourth-order valence-electron chi connectivity index (χ4n) is 0.881. The Hall–Kier alpha value is -0.810. The highest BCUT2D eigenvalue weighted by Gasteiger charge is 2.03. The Morgan fingerprint density at radius 3 is 3.07 bits per heavy atom. The Kier molecular flexibility index (Phi) is 5.32. The van der Waals surface area contributed by atoms with E-state index >= 15 is 0 Å². The molecule has 0 saturated carbocycles. The number of nitrogens with one attached hydrogen (secondary N) is 1. The zero-order valence-corrected chi connectivity index (χ0v) is 8.88. The lowest BCUT2D eigenvalue weighted by molar-refractivity contribution is 0.157. The Labute approximate surface area is 87.8 Å². The van der Waals surface area contributed by atoms with Gasteiger partial charge in [0, 0.05) is 25.5 Å². The van der Waals surface area contributed by atoms with Gasteiger partial charge in [-0.05, 0) is 6.92 Å². The molecule has 0 radical (unpaired) electrons. The zero-order valence-electron chi connectivity index (χ0n) is 8.12. The number of hydrogen-bond acceptors (Lipinski definition) is 5. The van der Waals surface area contributed by atoms with Gasteiger partial charge in [0.05, 0.1) is 6.61 Å². The van der Waals surface area contributed by atoms with Gasteiger partial charge in [-0.2, -0.15) is 0 Å². The van der Waals surface area contributed by atoms with Gasteiger partial charge in [-0.25, -0.2) is 0 Å². The predicted molar refractivity (Wildman–Crippen MR) is 53.7 cm³/mol. The van der Waals surface area contributed by atoms with E-state index in [1.165, 1.54) is 0 Å². The average Bonchev–Trinajstić information content (AvgIpc) is 2.61. The molecule has 0 aliphatic carbocycles. The molecule has 0 spiro atoms. The van der Waals surface area contributed by atoms with Crippen molar-refractivity contribution in [2.24, 2.45) is 0 Å². The minimum absolute atomic E-state index is 0.421. The topological polar surface area (TPSA) is 60.2 Å². The summed E-state index contributed by atoms with van der Waals surface area (Å²) in [4.78, 5) is 0. The first kappa shape index (κ1) is 11.3. The summed E-state index contributed by atoms with van der Waals surface area (Å²) >= 11 is 5.52. The SMILES string of the molecule is CCOCCNc1nnc(CCCl)o1. The van der Waals surface area contributed by atoms with Crippen LogP contribution in [-0.2, 0) is 11.2 Å². The number of alkyl halides is 1. The Morgan fingerprint density at radius 2 is 2.36 bits per heavy atom. The van der Waals surface area contributed by atoms with Gasteiger partial charge < -0.3 is 14.5 Å². The van der Waals surface area contributed by atoms with Crippen molar-refractivity contribution in [2.75, 3.05) is 31.0 Å². The van der Waals surface area contributed by atoms with E-state index in [-0.39, 0.29) is 0 Å². The van der Waals surface area contributed by atoms with Crippen LogP contribution in [0.1, 0.15) is 12.8 Å². The third kappa shape index (κ3) is 3.93. The third-order valence-corrected chi connectivity index (χ3v) is 1.69. The van der Waals surface area contributed by atoms with Gasteiger partial charge in [-0.3, -0.25) is 0 Å². The molecule has 1 heterocycles. The fraction of sp³-hybridized carbons (Fsp3) is 0.750. The van der Waals surface area contributed by atoms with E-state index < -0.39 is 0 Å². The molecule has 0 unspecified atom stereocenters. The zero-order chi connectivity index (χ0) is 10.2. The van der Waals surface area contributed by atoms with E-state index in [4.69, 9.17) is 20.8 Å². The largest absolute Gasteiger partial charge is 0.408 e. The van der Waals surface area contributed by atoms with Crippen LogP contribution in [0.15, 0.2) is 4.42 Å². The van der Waals surface area contributed by atoms with Crippen LogP contribution in [0, 0.1) is 0 Å². The van der Waals surface area contributed by atoms with Crippen molar-refractivity contribution < 1.29 is 9.15 Å². The van der Waals surface area contributed by atoms with Crippen molar-refractivity contribution >= 4 is 17.6 Å². The Bertz CT molecular complexity index is 254. The second kappa shape index (κ2) is 6.62. The molecule has 80 valence electrons. The molecule has 0 fully saturated rings. The molecule has 1 rings (SSSR count). The van der Waals surface area contributed by atoms with Crippen LogP contribution >= 0.6 is 11.6 Å². The lowest BCUT2D eigenvalue weighted by atomic mass is 10.5. The van der Waals surface area contributed by atoms with Gasteiger partial charge in [-0.1, -0.05) is 5.10 Å². The van der Waals surface area contributed by atoms with Crippen molar-refractivity contribution in [3.63, 3.8) is 0 Å². The molecular weight excluding hydrogens is 206 g/mol. The number of rotatable bonds is 7.